The average molecular weight is 279 g/mol. The molecule has 92 valence electrons. The van der Waals surface area contributed by atoms with Crippen molar-refractivity contribution in [2.75, 3.05) is 0 Å². The highest BCUT2D eigenvalue weighted by atomic mass is 35.5. The Morgan fingerprint density at radius 2 is 2.22 bits per heavy atom. The quantitative estimate of drug-likeness (QED) is 0.784. The molecule has 3 aromatic rings. The molecular formula is C12H11ClN4S. The van der Waals surface area contributed by atoms with E-state index in [1.807, 2.05) is 35.2 Å². The van der Waals surface area contributed by atoms with Gasteiger partial charge in [0.2, 0.25) is 0 Å². The molecule has 0 aliphatic heterocycles. The average Bonchev–Trinajstić information content (AvgIpc) is 2.95. The molecule has 0 aliphatic carbocycles. The molecule has 2 aromatic heterocycles. The Kier molecular flexibility index (Phi) is 2.81. The van der Waals surface area contributed by atoms with E-state index in [4.69, 9.17) is 17.3 Å². The Morgan fingerprint density at radius 1 is 1.39 bits per heavy atom. The van der Waals surface area contributed by atoms with Crippen molar-refractivity contribution in [1.29, 1.82) is 0 Å². The minimum atomic E-state index is 0.459. The van der Waals surface area contributed by atoms with Gasteiger partial charge in [-0.1, -0.05) is 11.6 Å². The van der Waals surface area contributed by atoms with Crippen molar-refractivity contribution in [3.05, 3.63) is 33.6 Å². The normalized spacial score (nSPS) is 11.3. The van der Waals surface area contributed by atoms with Crippen LogP contribution in [0.3, 0.4) is 0 Å². The fourth-order valence-electron chi connectivity index (χ4n) is 1.90. The highest BCUT2D eigenvalue weighted by Crippen LogP contribution is 2.26. The zero-order valence-corrected chi connectivity index (χ0v) is 11.3. The van der Waals surface area contributed by atoms with Crippen LogP contribution in [0.1, 0.15) is 5.01 Å². The molecule has 0 atom stereocenters. The van der Waals surface area contributed by atoms with E-state index >= 15 is 0 Å². The summed E-state index contributed by atoms with van der Waals surface area (Å²) >= 11 is 7.55. The van der Waals surface area contributed by atoms with Crippen molar-refractivity contribution in [3.8, 4) is 11.5 Å². The lowest BCUT2D eigenvalue weighted by Gasteiger charge is -1.98. The molecule has 6 heteroatoms. The van der Waals surface area contributed by atoms with Crippen LogP contribution >= 0.6 is 22.9 Å². The van der Waals surface area contributed by atoms with Gasteiger partial charge in [0.15, 0.2) is 5.82 Å². The maximum atomic E-state index is 6.00. The highest BCUT2D eigenvalue weighted by molar-refractivity contribution is 7.09. The molecule has 4 nitrogen and oxygen atoms in total. The van der Waals surface area contributed by atoms with E-state index in [-0.39, 0.29) is 0 Å². The molecule has 18 heavy (non-hydrogen) atoms. The number of thiazole rings is 1. The SMILES string of the molecule is Cn1c(-c2csc(CN)n2)nc2ccc(Cl)cc21. The lowest BCUT2D eigenvalue weighted by atomic mass is 10.3. The Balaban J connectivity index is 2.20. The second-order valence-corrected chi connectivity index (χ2v) is 5.34. The number of halogens is 1. The van der Waals surface area contributed by atoms with Gasteiger partial charge in [-0.3, -0.25) is 0 Å². The number of nitrogens with zero attached hydrogens (tertiary/aromatic N) is 3. The second-order valence-electron chi connectivity index (χ2n) is 3.96. The van der Waals surface area contributed by atoms with Crippen LogP contribution < -0.4 is 5.73 Å². The summed E-state index contributed by atoms with van der Waals surface area (Å²) in [5.74, 6) is 0.836. The summed E-state index contributed by atoms with van der Waals surface area (Å²) in [4.78, 5) is 9.03. The van der Waals surface area contributed by atoms with Crippen LogP contribution in [0.2, 0.25) is 5.02 Å². The number of rotatable bonds is 2. The lowest BCUT2D eigenvalue weighted by molar-refractivity contribution is 0.946. The van der Waals surface area contributed by atoms with Crippen molar-refractivity contribution in [2.45, 2.75) is 6.54 Å². The predicted molar refractivity (Wildman–Crippen MR) is 74.7 cm³/mol. The van der Waals surface area contributed by atoms with Gasteiger partial charge in [-0.2, -0.15) is 0 Å². The molecule has 0 saturated carbocycles. The molecular weight excluding hydrogens is 268 g/mol. The fourth-order valence-corrected chi connectivity index (χ4v) is 2.72. The van der Waals surface area contributed by atoms with Gasteiger partial charge < -0.3 is 10.3 Å². The molecule has 0 aliphatic rings. The first-order chi connectivity index (χ1) is 8.69. The maximum absolute atomic E-state index is 6.00. The lowest BCUT2D eigenvalue weighted by Crippen LogP contribution is -1.96. The van der Waals surface area contributed by atoms with Gasteiger partial charge in [0.1, 0.15) is 10.7 Å². The minimum absolute atomic E-state index is 0.459. The van der Waals surface area contributed by atoms with Crippen molar-refractivity contribution < 1.29 is 0 Å². The smallest absolute Gasteiger partial charge is 0.160 e. The van der Waals surface area contributed by atoms with Gasteiger partial charge in [-0.05, 0) is 18.2 Å². The summed E-state index contributed by atoms with van der Waals surface area (Å²) in [6, 6.07) is 5.66. The Bertz CT molecular complexity index is 716. The summed E-state index contributed by atoms with van der Waals surface area (Å²) in [6.07, 6.45) is 0. The number of fused-ring (bicyclic) bond motifs is 1. The first kappa shape index (κ1) is 11.6. The third-order valence-corrected chi connectivity index (χ3v) is 3.90. The van der Waals surface area contributed by atoms with E-state index in [2.05, 4.69) is 9.97 Å². The predicted octanol–water partition coefficient (Wildman–Crippen LogP) is 2.81. The topological polar surface area (TPSA) is 56.7 Å². The van der Waals surface area contributed by atoms with Crippen LogP contribution in [-0.2, 0) is 13.6 Å². The number of hydrogen-bond acceptors (Lipinski definition) is 4. The van der Waals surface area contributed by atoms with E-state index in [0.29, 0.717) is 11.6 Å². The number of nitrogens with two attached hydrogens (primary N) is 1. The number of aromatic nitrogens is 3. The number of aryl methyl sites for hydroxylation is 1. The van der Waals surface area contributed by atoms with Crippen molar-refractivity contribution in [3.63, 3.8) is 0 Å². The molecule has 3 rings (SSSR count). The maximum Gasteiger partial charge on any atom is 0.160 e. The van der Waals surface area contributed by atoms with Crippen molar-refractivity contribution in [1.82, 2.24) is 14.5 Å². The van der Waals surface area contributed by atoms with E-state index in [9.17, 15) is 0 Å². The summed E-state index contributed by atoms with van der Waals surface area (Å²) in [5.41, 5.74) is 8.35. The summed E-state index contributed by atoms with van der Waals surface area (Å²) in [5, 5.41) is 3.60. The summed E-state index contributed by atoms with van der Waals surface area (Å²) in [7, 11) is 1.96. The van der Waals surface area contributed by atoms with Crippen molar-refractivity contribution >= 4 is 34.0 Å². The molecule has 0 unspecified atom stereocenters. The first-order valence-corrected chi connectivity index (χ1v) is 6.71. The Labute approximate surface area is 113 Å². The largest absolute Gasteiger partial charge is 0.326 e. The van der Waals surface area contributed by atoms with E-state index in [1.165, 1.54) is 0 Å². The molecule has 0 amide bonds. The van der Waals surface area contributed by atoms with Crippen molar-refractivity contribution in [2.24, 2.45) is 12.8 Å². The molecule has 2 heterocycles. The molecule has 0 saturated heterocycles. The van der Waals surface area contributed by atoms with E-state index < -0.39 is 0 Å². The molecule has 1 aromatic carbocycles. The molecule has 0 bridgehead atoms. The Morgan fingerprint density at radius 3 is 2.94 bits per heavy atom. The molecule has 2 N–H and O–H groups in total. The van der Waals surface area contributed by atoms with Crippen LogP contribution in [0.15, 0.2) is 23.6 Å². The first-order valence-electron chi connectivity index (χ1n) is 5.46. The number of benzene rings is 1. The van der Waals surface area contributed by atoms with Gasteiger partial charge in [-0.15, -0.1) is 11.3 Å². The summed E-state index contributed by atoms with van der Waals surface area (Å²) < 4.78 is 2.00. The van der Waals surface area contributed by atoms with Gasteiger partial charge in [-0.25, -0.2) is 9.97 Å². The third-order valence-electron chi connectivity index (χ3n) is 2.80. The van der Waals surface area contributed by atoms with Gasteiger partial charge in [0.25, 0.3) is 0 Å². The van der Waals surface area contributed by atoms with Crippen LogP contribution in [0.25, 0.3) is 22.6 Å². The van der Waals surface area contributed by atoms with E-state index in [1.54, 1.807) is 11.3 Å². The van der Waals surface area contributed by atoms with Gasteiger partial charge in [0.05, 0.1) is 11.0 Å². The number of imidazole rings is 1. The summed E-state index contributed by atoms with van der Waals surface area (Å²) in [6.45, 7) is 0.459. The molecule has 0 fully saturated rings. The van der Waals surface area contributed by atoms with Crippen LogP contribution in [0.4, 0.5) is 0 Å². The van der Waals surface area contributed by atoms with Crippen LogP contribution in [0, 0.1) is 0 Å². The van der Waals surface area contributed by atoms with E-state index in [0.717, 1.165) is 27.6 Å². The highest BCUT2D eigenvalue weighted by Gasteiger charge is 2.12. The Hall–Kier alpha value is -1.43. The fraction of sp³-hybridized carbons (Fsp3) is 0.167. The molecule has 0 spiro atoms. The zero-order valence-electron chi connectivity index (χ0n) is 9.72. The number of hydrogen-bond donors (Lipinski definition) is 1. The molecule has 0 radical (unpaired) electrons. The second kappa shape index (κ2) is 4.35. The van der Waals surface area contributed by atoms with Gasteiger partial charge in [0, 0.05) is 24.0 Å². The zero-order chi connectivity index (χ0) is 12.7. The monoisotopic (exact) mass is 278 g/mol. The minimum Gasteiger partial charge on any atom is -0.326 e. The van der Waals surface area contributed by atoms with Crippen LogP contribution in [-0.4, -0.2) is 14.5 Å². The van der Waals surface area contributed by atoms with Gasteiger partial charge >= 0.3 is 0 Å². The standard InChI is InChI=1S/C12H11ClN4S/c1-17-10-4-7(13)2-3-8(10)16-12(17)9-6-18-11(5-14)15-9/h2-4,6H,5,14H2,1H3. The third kappa shape index (κ3) is 1.80. The van der Waals surface area contributed by atoms with Crippen LogP contribution in [0.5, 0.6) is 0 Å².